The van der Waals surface area contributed by atoms with Gasteiger partial charge in [0.2, 0.25) is 0 Å². The number of aromatic amines is 1. The molecule has 0 aliphatic rings. The van der Waals surface area contributed by atoms with Gasteiger partial charge in [0.15, 0.2) is 12.4 Å². The standard InChI is InChI=1S/C16H22N4O2/c1-3-9-17-15(21)11-20(4-2)10-14-18-13-8-6-5-7-12(13)16(22)19-14/h5-8H,3-4,9-11H2,1-2H3,(H,17,21)(H,18,19,22)/p+1. The van der Waals surface area contributed by atoms with Gasteiger partial charge in [0, 0.05) is 6.54 Å². The molecule has 6 nitrogen and oxygen atoms in total. The third-order valence-corrected chi connectivity index (χ3v) is 3.56. The van der Waals surface area contributed by atoms with E-state index >= 15 is 0 Å². The topological polar surface area (TPSA) is 79.3 Å². The predicted octanol–water partition coefficient (Wildman–Crippen LogP) is -0.146. The Morgan fingerprint density at radius 2 is 2.09 bits per heavy atom. The first-order chi connectivity index (χ1) is 10.6. The van der Waals surface area contributed by atoms with Crippen LogP contribution in [0.4, 0.5) is 0 Å². The van der Waals surface area contributed by atoms with E-state index in [1.54, 1.807) is 6.07 Å². The Labute approximate surface area is 129 Å². The molecule has 1 aromatic carbocycles. The summed E-state index contributed by atoms with van der Waals surface area (Å²) in [5, 5.41) is 3.46. The van der Waals surface area contributed by atoms with E-state index in [4.69, 9.17) is 0 Å². The molecular formula is C16H23N4O2+. The van der Waals surface area contributed by atoms with E-state index < -0.39 is 0 Å². The van der Waals surface area contributed by atoms with Gasteiger partial charge in [-0.25, -0.2) is 4.98 Å². The van der Waals surface area contributed by atoms with Crippen molar-refractivity contribution in [3.8, 4) is 0 Å². The number of nitrogens with one attached hydrogen (secondary N) is 3. The normalized spacial score (nSPS) is 12.3. The van der Waals surface area contributed by atoms with Crippen LogP contribution in [0.25, 0.3) is 10.9 Å². The third kappa shape index (κ3) is 4.14. The molecule has 1 aromatic heterocycles. The molecule has 0 bridgehead atoms. The highest BCUT2D eigenvalue weighted by Crippen LogP contribution is 2.04. The largest absolute Gasteiger partial charge is 0.351 e. The quantitative estimate of drug-likeness (QED) is 0.666. The van der Waals surface area contributed by atoms with Crippen LogP contribution in [0.5, 0.6) is 0 Å². The summed E-state index contributed by atoms with van der Waals surface area (Å²) < 4.78 is 0. The number of carbonyl (C=O) groups is 1. The van der Waals surface area contributed by atoms with Crippen LogP contribution >= 0.6 is 0 Å². The van der Waals surface area contributed by atoms with E-state index in [1.165, 1.54) is 0 Å². The smallest absolute Gasteiger partial charge is 0.275 e. The highest BCUT2D eigenvalue weighted by atomic mass is 16.2. The lowest BCUT2D eigenvalue weighted by molar-refractivity contribution is -0.904. The number of para-hydroxylation sites is 1. The highest BCUT2D eigenvalue weighted by Gasteiger charge is 2.14. The summed E-state index contributed by atoms with van der Waals surface area (Å²) >= 11 is 0. The molecule has 118 valence electrons. The number of aromatic nitrogens is 2. The van der Waals surface area contributed by atoms with Crippen molar-refractivity contribution < 1.29 is 9.69 Å². The summed E-state index contributed by atoms with van der Waals surface area (Å²) in [5.41, 5.74) is 0.554. The monoisotopic (exact) mass is 303 g/mol. The lowest BCUT2D eigenvalue weighted by atomic mass is 10.2. The Balaban J connectivity index is 2.11. The number of carbonyl (C=O) groups excluding carboxylic acids is 1. The van der Waals surface area contributed by atoms with Crippen molar-refractivity contribution in [2.24, 2.45) is 0 Å². The van der Waals surface area contributed by atoms with Crippen LogP contribution in [0, 0.1) is 0 Å². The Morgan fingerprint density at radius 1 is 1.32 bits per heavy atom. The molecule has 0 saturated carbocycles. The molecule has 1 unspecified atom stereocenters. The Bertz CT molecular complexity index is 696. The molecule has 1 heterocycles. The number of hydrogen-bond donors (Lipinski definition) is 3. The highest BCUT2D eigenvalue weighted by molar-refractivity contribution is 5.77. The van der Waals surface area contributed by atoms with Crippen molar-refractivity contribution in [2.75, 3.05) is 19.6 Å². The number of fused-ring (bicyclic) bond motifs is 1. The fourth-order valence-electron chi connectivity index (χ4n) is 2.32. The molecule has 0 saturated heterocycles. The molecule has 1 atom stereocenters. The van der Waals surface area contributed by atoms with Gasteiger partial charge in [-0.3, -0.25) is 9.59 Å². The van der Waals surface area contributed by atoms with Gasteiger partial charge in [-0.1, -0.05) is 19.1 Å². The van der Waals surface area contributed by atoms with Gasteiger partial charge in [-0.2, -0.15) is 0 Å². The zero-order valence-corrected chi connectivity index (χ0v) is 13.1. The molecule has 0 spiro atoms. The van der Waals surface area contributed by atoms with Gasteiger partial charge in [0.05, 0.1) is 17.4 Å². The van der Waals surface area contributed by atoms with E-state index in [1.807, 2.05) is 32.0 Å². The van der Waals surface area contributed by atoms with Crippen LogP contribution < -0.4 is 15.8 Å². The second kappa shape index (κ2) is 7.70. The molecule has 1 amide bonds. The number of amides is 1. The first-order valence-electron chi connectivity index (χ1n) is 7.72. The summed E-state index contributed by atoms with van der Waals surface area (Å²) in [6.45, 7) is 6.43. The lowest BCUT2D eigenvalue weighted by Gasteiger charge is -2.16. The van der Waals surface area contributed by atoms with Crippen LogP contribution in [0.15, 0.2) is 29.1 Å². The fraction of sp³-hybridized carbons (Fsp3) is 0.438. The maximum Gasteiger partial charge on any atom is 0.275 e. The Hall–Kier alpha value is -2.21. The number of hydrogen-bond acceptors (Lipinski definition) is 3. The molecule has 6 heteroatoms. The lowest BCUT2D eigenvalue weighted by Crippen LogP contribution is -3.11. The molecule has 0 radical (unpaired) electrons. The summed E-state index contributed by atoms with van der Waals surface area (Å²) in [5.74, 6) is 0.644. The Morgan fingerprint density at radius 3 is 2.82 bits per heavy atom. The molecule has 2 aromatic rings. The van der Waals surface area contributed by atoms with E-state index in [9.17, 15) is 9.59 Å². The predicted molar refractivity (Wildman–Crippen MR) is 85.7 cm³/mol. The van der Waals surface area contributed by atoms with Crippen LogP contribution in [-0.4, -0.2) is 35.5 Å². The van der Waals surface area contributed by atoms with Crippen molar-refractivity contribution in [2.45, 2.75) is 26.8 Å². The van der Waals surface area contributed by atoms with Gasteiger partial charge in [-0.15, -0.1) is 0 Å². The molecule has 0 aliphatic carbocycles. The van der Waals surface area contributed by atoms with Crippen LogP contribution in [0.3, 0.4) is 0 Å². The van der Waals surface area contributed by atoms with Gasteiger partial charge in [-0.05, 0) is 25.5 Å². The van der Waals surface area contributed by atoms with Crippen molar-refractivity contribution in [1.29, 1.82) is 0 Å². The van der Waals surface area contributed by atoms with Crippen molar-refractivity contribution in [1.82, 2.24) is 15.3 Å². The third-order valence-electron chi connectivity index (χ3n) is 3.56. The maximum atomic E-state index is 12.0. The number of quaternary nitrogens is 1. The molecule has 3 N–H and O–H groups in total. The van der Waals surface area contributed by atoms with Gasteiger partial charge in [0.25, 0.3) is 11.5 Å². The van der Waals surface area contributed by atoms with E-state index in [0.29, 0.717) is 36.4 Å². The molecule has 22 heavy (non-hydrogen) atoms. The van der Waals surface area contributed by atoms with Gasteiger partial charge >= 0.3 is 0 Å². The van der Waals surface area contributed by atoms with Crippen LogP contribution in [0.2, 0.25) is 0 Å². The van der Waals surface area contributed by atoms with E-state index in [2.05, 4.69) is 15.3 Å². The number of likely N-dealkylation sites (N-methyl/N-ethyl adjacent to an activating group) is 1. The summed E-state index contributed by atoms with van der Waals surface area (Å²) in [7, 11) is 0. The maximum absolute atomic E-state index is 12.0. The fourth-order valence-corrected chi connectivity index (χ4v) is 2.32. The summed E-state index contributed by atoms with van der Waals surface area (Å²) in [6.07, 6.45) is 0.923. The minimum atomic E-state index is -0.133. The van der Waals surface area contributed by atoms with Crippen molar-refractivity contribution >= 4 is 16.8 Å². The minimum absolute atomic E-state index is 0.0295. The average molecular weight is 303 g/mol. The van der Waals surface area contributed by atoms with E-state index in [0.717, 1.165) is 17.9 Å². The summed E-state index contributed by atoms with van der Waals surface area (Å²) in [6, 6.07) is 7.27. The molecule has 0 fully saturated rings. The van der Waals surface area contributed by atoms with Crippen LogP contribution in [-0.2, 0) is 11.3 Å². The van der Waals surface area contributed by atoms with Gasteiger partial charge < -0.3 is 15.2 Å². The summed E-state index contributed by atoms with van der Waals surface area (Å²) in [4.78, 5) is 32.2. The second-order valence-corrected chi connectivity index (χ2v) is 5.34. The number of H-pyrrole nitrogens is 1. The molecular weight excluding hydrogens is 280 g/mol. The molecule has 2 rings (SSSR count). The van der Waals surface area contributed by atoms with E-state index in [-0.39, 0.29) is 11.5 Å². The van der Waals surface area contributed by atoms with Crippen molar-refractivity contribution in [3.05, 3.63) is 40.4 Å². The zero-order valence-electron chi connectivity index (χ0n) is 13.1. The number of nitrogens with zero attached hydrogens (tertiary/aromatic N) is 1. The first kappa shape index (κ1) is 16.2. The minimum Gasteiger partial charge on any atom is -0.351 e. The SMILES string of the molecule is CCCNC(=O)C[NH+](CC)Cc1nc2ccccc2c(=O)[nH]1. The van der Waals surface area contributed by atoms with Crippen molar-refractivity contribution in [3.63, 3.8) is 0 Å². The number of benzene rings is 1. The van der Waals surface area contributed by atoms with Crippen LogP contribution in [0.1, 0.15) is 26.1 Å². The van der Waals surface area contributed by atoms with Gasteiger partial charge in [0.1, 0.15) is 6.54 Å². The Kier molecular flexibility index (Phi) is 5.66. The second-order valence-electron chi connectivity index (χ2n) is 5.34. The molecule has 0 aliphatic heterocycles. The first-order valence-corrected chi connectivity index (χ1v) is 7.72. The zero-order chi connectivity index (χ0) is 15.9. The average Bonchev–Trinajstić information content (AvgIpc) is 2.52. The number of rotatable bonds is 7.